The summed E-state index contributed by atoms with van der Waals surface area (Å²) in [4.78, 5) is 10.3. The van der Waals surface area contributed by atoms with Crippen molar-refractivity contribution < 1.29 is 24.1 Å². The fourth-order valence-electron chi connectivity index (χ4n) is 0.767. The average Bonchev–Trinajstić information content (AvgIpc) is 2.21. The van der Waals surface area contributed by atoms with Gasteiger partial charge in [0.15, 0.2) is 0 Å². The third kappa shape index (κ3) is 9.40. The van der Waals surface area contributed by atoms with Gasteiger partial charge in [-0.2, -0.15) is 0 Å². The van der Waals surface area contributed by atoms with Crippen molar-refractivity contribution in [3.63, 3.8) is 0 Å². The van der Waals surface area contributed by atoms with Gasteiger partial charge >= 0.3 is 5.97 Å². The molecule has 0 rings (SSSR count). The first-order valence-electron chi connectivity index (χ1n) is 4.74. The van der Waals surface area contributed by atoms with Gasteiger partial charge in [-0.1, -0.05) is 6.58 Å². The second-order valence-electron chi connectivity index (χ2n) is 2.88. The smallest absolute Gasteiger partial charge is 0.331 e. The maximum absolute atomic E-state index is 10.3. The van der Waals surface area contributed by atoms with E-state index in [-0.39, 0.29) is 5.57 Å². The highest BCUT2D eigenvalue weighted by Gasteiger charge is 2.02. The summed E-state index contributed by atoms with van der Waals surface area (Å²) in [5, 5.41) is 8.49. The van der Waals surface area contributed by atoms with E-state index in [0.717, 1.165) is 0 Å². The highest BCUT2D eigenvalue weighted by atomic mass is 16.5. The highest BCUT2D eigenvalue weighted by molar-refractivity contribution is 5.85. The molecule has 0 amide bonds. The summed E-state index contributed by atoms with van der Waals surface area (Å²) in [6.45, 7) is 5.80. The van der Waals surface area contributed by atoms with Gasteiger partial charge in [-0.3, -0.25) is 0 Å². The molecule has 0 aromatic heterocycles. The van der Waals surface area contributed by atoms with Crippen molar-refractivity contribution in [3.8, 4) is 0 Å². The molecule has 0 heterocycles. The van der Waals surface area contributed by atoms with E-state index in [1.54, 1.807) is 7.11 Å². The third-order valence-corrected chi connectivity index (χ3v) is 1.65. The fraction of sp³-hybridized carbons (Fsp3) is 0.700. The molecular weight excluding hydrogens is 200 g/mol. The lowest BCUT2D eigenvalue weighted by Gasteiger charge is -2.05. The summed E-state index contributed by atoms with van der Waals surface area (Å²) in [6, 6.07) is 0. The van der Waals surface area contributed by atoms with Crippen molar-refractivity contribution in [2.45, 2.75) is 6.42 Å². The number of carboxylic acid groups (broad SMARTS) is 1. The van der Waals surface area contributed by atoms with Crippen LogP contribution in [0.2, 0.25) is 0 Å². The molecule has 0 fully saturated rings. The molecule has 0 aromatic rings. The van der Waals surface area contributed by atoms with Crippen LogP contribution in [-0.2, 0) is 19.0 Å². The van der Waals surface area contributed by atoms with E-state index in [0.29, 0.717) is 39.5 Å². The fourth-order valence-corrected chi connectivity index (χ4v) is 0.767. The molecule has 0 aromatic carbocycles. The second-order valence-corrected chi connectivity index (χ2v) is 2.88. The molecule has 88 valence electrons. The molecule has 0 aliphatic heterocycles. The normalized spacial score (nSPS) is 10.2. The Morgan fingerprint density at radius 2 is 1.67 bits per heavy atom. The first-order valence-corrected chi connectivity index (χ1v) is 4.74. The lowest BCUT2D eigenvalue weighted by atomic mass is 10.2. The van der Waals surface area contributed by atoms with Crippen LogP contribution in [0.4, 0.5) is 0 Å². The molecule has 0 atom stereocenters. The predicted molar refractivity (Wildman–Crippen MR) is 54.9 cm³/mol. The van der Waals surface area contributed by atoms with Crippen LogP contribution < -0.4 is 0 Å². The third-order valence-electron chi connectivity index (χ3n) is 1.65. The van der Waals surface area contributed by atoms with E-state index in [9.17, 15) is 4.79 Å². The monoisotopic (exact) mass is 218 g/mol. The standard InChI is InChI=1S/C10H18O5/c1-9(10(11)12)3-4-14-7-8-15-6-5-13-2/h1,3-8H2,2H3,(H,11,12). The Labute approximate surface area is 89.6 Å². The summed E-state index contributed by atoms with van der Waals surface area (Å²) in [5.41, 5.74) is 0.162. The van der Waals surface area contributed by atoms with Crippen molar-refractivity contribution >= 4 is 5.97 Å². The maximum atomic E-state index is 10.3. The summed E-state index contributed by atoms with van der Waals surface area (Å²) < 4.78 is 15.1. The number of carbonyl (C=O) groups is 1. The van der Waals surface area contributed by atoms with Crippen LogP contribution in [-0.4, -0.2) is 51.2 Å². The van der Waals surface area contributed by atoms with Gasteiger partial charge in [-0.15, -0.1) is 0 Å². The van der Waals surface area contributed by atoms with Crippen molar-refractivity contribution in [2.75, 3.05) is 40.1 Å². The van der Waals surface area contributed by atoms with Crippen LogP contribution in [0.15, 0.2) is 12.2 Å². The van der Waals surface area contributed by atoms with Crippen LogP contribution in [0, 0.1) is 0 Å². The Morgan fingerprint density at radius 3 is 2.20 bits per heavy atom. The number of rotatable bonds is 10. The Morgan fingerprint density at radius 1 is 1.13 bits per heavy atom. The lowest BCUT2D eigenvalue weighted by Crippen LogP contribution is -2.10. The second kappa shape index (κ2) is 9.64. The van der Waals surface area contributed by atoms with Gasteiger partial charge in [0.2, 0.25) is 0 Å². The molecule has 15 heavy (non-hydrogen) atoms. The van der Waals surface area contributed by atoms with E-state index in [1.807, 2.05) is 0 Å². The minimum absolute atomic E-state index is 0.162. The molecule has 5 heteroatoms. The van der Waals surface area contributed by atoms with Crippen LogP contribution in [0.25, 0.3) is 0 Å². The molecule has 0 radical (unpaired) electrons. The van der Waals surface area contributed by atoms with Crippen molar-refractivity contribution in [1.82, 2.24) is 0 Å². The molecule has 0 saturated carbocycles. The van der Waals surface area contributed by atoms with E-state index in [2.05, 4.69) is 6.58 Å². The first-order chi connectivity index (χ1) is 7.18. The number of ether oxygens (including phenoxy) is 3. The molecule has 0 spiro atoms. The Kier molecular flexibility index (Phi) is 9.05. The topological polar surface area (TPSA) is 65.0 Å². The molecule has 1 N–H and O–H groups in total. The largest absolute Gasteiger partial charge is 0.478 e. The van der Waals surface area contributed by atoms with Crippen LogP contribution >= 0.6 is 0 Å². The zero-order valence-corrected chi connectivity index (χ0v) is 9.03. The SMILES string of the molecule is C=C(CCOCCOCCOC)C(=O)O. The number of carboxylic acids is 1. The maximum Gasteiger partial charge on any atom is 0.331 e. The van der Waals surface area contributed by atoms with Crippen molar-refractivity contribution in [2.24, 2.45) is 0 Å². The van der Waals surface area contributed by atoms with Crippen molar-refractivity contribution in [3.05, 3.63) is 12.2 Å². The van der Waals surface area contributed by atoms with Gasteiger partial charge in [0, 0.05) is 19.1 Å². The highest BCUT2D eigenvalue weighted by Crippen LogP contribution is 1.97. The minimum atomic E-state index is -0.977. The molecule has 0 unspecified atom stereocenters. The summed E-state index contributed by atoms with van der Waals surface area (Å²) in [5.74, 6) is -0.977. The van der Waals surface area contributed by atoms with E-state index >= 15 is 0 Å². The van der Waals surface area contributed by atoms with Gasteiger partial charge in [-0.25, -0.2) is 4.79 Å². The Balaban J connectivity index is 3.11. The van der Waals surface area contributed by atoms with Gasteiger partial charge in [0.05, 0.1) is 33.0 Å². The zero-order chi connectivity index (χ0) is 11.5. The Hall–Kier alpha value is -0.910. The van der Waals surface area contributed by atoms with Crippen LogP contribution in [0.1, 0.15) is 6.42 Å². The number of aliphatic carboxylic acids is 1. The number of hydrogen-bond donors (Lipinski definition) is 1. The van der Waals surface area contributed by atoms with E-state index in [1.165, 1.54) is 0 Å². The Bertz CT molecular complexity index is 190. The van der Waals surface area contributed by atoms with E-state index in [4.69, 9.17) is 19.3 Å². The van der Waals surface area contributed by atoms with E-state index < -0.39 is 5.97 Å². The molecular formula is C10H18O5. The summed E-state index contributed by atoms with van der Waals surface area (Å²) in [7, 11) is 1.61. The van der Waals surface area contributed by atoms with Gasteiger partial charge in [-0.05, 0) is 0 Å². The van der Waals surface area contributed by atoms with Crippen LogP contribution in [0.5, 0.6) is 0 Å². The zero-order valence-electron chi connectivity index (χ0n) is 9.03. The number of methoxy groups -OCH3 is 1. The summed E-state index contributed by atoms with van der Waals surface area (Å²) >= 11 is 0. The molecule has 0 aliphatic rings. The van der Waals surface area contributed by atoms with Gasteiger partial charge in [0.25, 0.3) is 0 Å². The van der Waals surface area contributed by atoms with Crippen molar-refractivity contribution in [1.29, 1.82) is 0 Å². The molecule has 0 aliphatic carbocycles. The molecule has 0 saturated heterocycles. The number of hydrogen-bond acceptors (Lipinski definition) is 4. The van der Waals surface area contributed by atoms with Crippen LogP contribution in [0.3, 0.4) is 0 Å². The molecule has 0 bridgehead atoms. The minimum Gasteiger partial charge on any atom is -0.478 e. The predicted octanol–water partition coefficient (Wildman–Crippen LogP) is 0.697. The quantitative estimate of drug-likeness (QED) is 0.432. The first kappa shape index (κ1) is 14.1. The average molecular weight is 218 g/mol. The van der Waals surface area contributed by atoms with Gasteiger partial charge < -0.3 is 19.3 Å². The lowest BCUT2D eigenvalue weighted by molar-refractivity contribution is -0.132. The molecule has 5 nitrogen and oxygen atoms in total. The summed E-state index contributed by atoms with van der Waals surface area (Å²) in [6.07, 6.45) is 0.341. The van der Waals surface area contributed by atoms with Gasteiger partial charge in [0.1, 0.15) is 0 Å².